The third kappa shape index (κ3) is 4.46. The Bertz CT molecular complexity index is 553. The first-order valence-electron chi connectivity index (χ1n) is 8.24. The molecule has 2 aromatic rings. The van der Waals surface area contributed by atoms with Gasteiger partial charge < -0.3 is 9.31 Å². The van der Waals surface area contributed by atoms with Gasteiger partial charge in [0.1, 0.15) is 0 Å². The molecule has 1 aromatic carbocycles. The highest BCUT2D eigenvalue weighted by atomic mass is 16.7. The monoisotopic (exact) mass is 314 g/mol. The van der Waals surface area contributed by atoms with Gasteiger partial charge >= 0.3 is 7.12 Å². The number of benzene rings is 1. The Morgan fingerprint density at radius 1 is 0.957 bits per heavy atom. The maximum atomic E-state index is 5.97. The van der Waals surface area contributed by atoms with E-state index in [1.54, 1.807) is 0 Å². The zero-order chi connectivity index (χ0) is 16.9. The van der Waals surface area contributed by atoms with Crippen molar-refractivity contribution in [2.45, 2.75) is 58.8 Å². The van der Waals surface area contributed by atoms with Crippen LogP contribution in [0.15, 0.2) is 48.8 Å². The van der Waals surface area contributed by atoms with E-state index in [2.05, 4.69) is 39.7 Å². The molecule has 23 heavy (non-hydrogen) atoms. The maximum Gasteiger partial charge on any atom is 0.498 e. The molecule has 124 valence electrons. The van der Waals surface area contributed by atoms with Crippen LogP contribution < -0.4 is 5.46 Å². The molecule has 0 aliphatic carbocycles. The van der Waals surface area contributed by atoms with Gasteiger partial charge in [-0.25, -0.2) is 0 Å². The standard InChI is InChI=1S/C12H21BN2O2.C6H6/c1-6-7-15-9-10(8-14-15)13-16-11(2,3)12(4,5)17-13;1-2-4-6-5-3-1/h8-9H,6-7H2,1-5H3;1-6H. The Labute approximate surface area is 139 Å². The Morgan fingerprint density at radius 3 is 1.87 bits per heavy atom. The molecule has 5 heteroatoms. The molecule has 1 aliphatic rings. The zero-order valence-electron chi connectivity index (χ0n) is 14.8. The molecule has 1 saturated heterocycles. The van der Waals surface area contributed by atoms with Crippen molar-refractivity contribution in [1.82, 2.24) is 9.78 Å². The quantitative estimate of drug-likeness (QED) is 0.816. The van der Waals surface area contributed by atoms with Crippen LogP contribution in [0.25, 0.3) is 0 Å². The number of hydrogen-bond acceptors (Lipinski definition) is 3. The number of nitrogens with zero attached hydrogens (tertiary/aromatic N) is 2. The van der Waals surface area contributed by atoms with Crippen LogP contribution in [-0.2, 0) is 15.9 Å². The van der Waals surface area contributed by atoms with E-state index in [0.29, 0.717) is 0 Å². The summed E-state index contributed by atoms with van der Waals surface area (Å²) >= 11 is 0. The van der Waals surface area contributed by atoms with Gasteiger partial charge in [-0.05, 0) is 34.1 Å². The number of rotatable bonds is 3. The van der Waals surface area contributed by atoms with Gasteiger partial charge in [0.15, 0.2) is 0 Å². The van der Waals surface area contributed by atoms with E-state index >= 15 is 0 Å². The van der Waals surface area contributed by atoms with E-state index in [4.69, 9.17) is 9.31 Å². The first kappa shape index (κ1) is 17.8. The second-order valence-electron chi connectivity index (χ2n) is 6.78. The molecule has 0 bridgehead atoms. The van der Waals surface area contributed by atoms with Gasteiger partial charge in [-0.15, -0.1) is 0 Å². The highest BCUT2D eigenvalue weighted by Crippen LogP contribution is 2.36. The second kappa shape index (κ2) is 7.32. The van der Waals surface area contributed by atoms with Gasteiger partial charge in [-0.2, -0.15) is 5.10 Å². The van der Waals surface area contributed by atoms with Crippen molar-refractivity contribution in [3.05, 3.63) is 48.8 Å². The van der Waals surface area contributed by atoms with Crippen molar-refractivity contribution < 1.29 is 9.31 Å². The molecule has 1 fully saturated rings. The molecule has 1 aromatic heterocycles. The van der Waals surface area contributed by atoms with Crippen LogP contribution in [0.3, 0.4) is 0 Å². The highest BCUT2D eigenvalue weighted by Gasteiger charge is 2.52. The van der Waals surface area contributed by atoms with Crippen molar-refractivity contribution in [2.75, 3.05) is 0 Å². The van der Waals surface area contributed by atoms with Gasteiger partial charge in [0.25, 0.3) is 0 Å². The van der Waals surface area contributed by atoms with Gasteiger partial charge in [0.05, 0.1) is 11.2 Å². The van der Waals surface area contributed by atoms with E-state index in [-0.39, 0.29) is 18.3 Å². The number of hydrogen-bond donors (Lipinski definition) is 0. The molecule has 0 unspecified atom stereocenters. The molecule has 1 aliphatic heterocycles. The van der Waals surface area contributed by atoms with Crippen LogP contribution in [0.1, 0.15) is 41.0 Å². The molecule has 0 N–H and O–H groups in total. The third-order valence-electron chi connectivity index (χ3n) is 4.30. The predicted molar refractivity (Wildman–Crippen MR) is 94.7 cm³/mol. The summed E-state index contributed by atoms with van der Waals surface area (Å²) in [7, 11) is -0.300. The smallest absolute Gasteiger partial charge is 0.399 e. The normalized spacial score (nSPS) is 18.4. The molecule has 0 amide bonds. The van der Waals surface area contributed by atoms with Crippen LogP contribution in [0.4, 0.5) is 0 Å². The lowest BCUT2D eigenvalue weighted by Crippen LogP contribution is -2.41. The lowest BCUT2D eigenvalue weighted by molar-refractivity contribution is 0.00578. The van der Waals surface area contributed by atoms with E-state index in [1.165, 1.54) is 0 Å². The van der Waals surface area contributed by atoms with Gasteiger partial charge in [-0.1, -0.05) is 43.3 Å². The minimum atomic E-state index is -0.300. The number of aromatic nitrogens is 2. The fourth-order valence-electron chi connectivity index (χ4n) is 2.22. The Morgan fingerprint density at radius 2 is 1.43 bits per heavy atom. The second-order valence-corrected chi connectivity index (χ2v) is 6.78. The first-order valence-corrected chi connectivity index (χ1v) is 8.24. The van der Waals surface area contributed by atoms with E-state index in [9.17, 15) is 0 Å². The van der Waals surface area contributed by atoms with Crippen molar-refractivity contribution in [3.63, 3.8) is 0 Å². The Hall–Kier alpha value is -1.59. The van der Waals surface area contributed by atoms with Gasteiger partial charge in [0, 0.05) is 24.4 Å². The largest absolute Gasteiger partial charge is 0.498 e. The fraction of sp³-hybridized carbons (Fsp3) is 0.500. The average molecular weight is 314 g/mol. The van der Waals surface area contributed by atoms with Crippen LogP contribution in [-0.4, -0.2) is 28.1 Å². The van der Waals surface area contributed by atoms with Crippen LogP contribution in [0.2, 0.25) is 0 Å². The SMILES string of the molecule is CCCn1cc(B2OC(C)(C)C(C)(C)O2)cn1.c1ccccc1. The van der Waals surface area contributed by atoms with Gasteiger partial charge in [0.2, 0.25) is 0 Å². The highest BCUT2D eigenvalue weighted by molar-refractivity contribution is 6.61. The molecular weight excluding hydrogens is 287 g/mol. The van der Waals surface area contributed by atoms with Crippen LogP contribution in [0.5, 0.6) is 0 Å². The molecule has 2 heterocycles. The summed E-state index contributed by atoms with van der Waals surface area (Å²) in [4.78, 5) is 0. The molecule has 0 atom stereocenters. The molecular formula is C18H27BN2O2. The molecule has 3 rings (SSSR count). The van der Waals surface area contributed by atoms with Crippen molar-refractivity contribution in [3.8, 4) is 0 Å². The Kier molecular flexibility index (Phi) is 5.66. The van der Waals surface area contributed by atoms with Crippen molar-refractivity contribution in [2.24, 2.45) is 0 Å². The van der Waals surface area contributed by atoms with Crippen LogP contribution in [0, 0.1) is 0 Å². The summed E-state index contributed by atoms with van der Waals surface area (Å²) in [5.41, 5.74) is 0.423. The van der Waals surface area contributed by atoms with Crippen LogP contribution >= 0.6 is 0 Å². The molecule has 4 nitrogen and oxygen atoms in total. The fourth-order valence-corrected chi connectivity index (χ4v) is 2.22. The first-order chi connectivity index (χ1) is 10.9. The third-order valence-corrected chi connectivity index (χ3v) is 4.30. The van der Waals surface area contributed by atoms with Gasteiger partial charge in [-0.3, -0.25) is 4.68 Å². The lowest BCUT2D eigenvalue weighted by Gasteiger charge is -2.32. The minimum absolute atomic E-state index is 0.287. The lowest BCUT2D eigenvalue weighted by atomic mass is 9.82. The summed E-state index contributed by atoms with van der Waals surface area (Å²) in [6.07, 6.45) is 4.91. The average Bonchev–Trinajstić information content (AvgIpc) is 3.05. The van der Waals surface area contributed by atoms with E-state index in [0.717, 1.165) is 18.4 Å². The van der Waals surface area contributed by atoms with E-state index in [1.807, 2.05) is 53.5 Å². The molecule has 0 radical (unpaired) electrons. The summed E-state index contributed by atoms with van der Waals surface area (Å²) in [5.74, 6) is 0. The summed E-state index contributed by atoms with van der Waals surface area (Å²) < 4.78 is 13.9. The molecule has 0 saturated carbocycles. The summed E-state index contributed by atoms with van der Waals surface area (Å²) in [6, 6.07) is 12.0. The molecule has 0 spiro atoms. The topological polar surface area (TPSA) is 36.3 Å². The zero-order valence-corrected chi connectivity index (χ0v) is 14.8. The Balaban J connectivity index is 0.000000268. The number of aryl methyl sites for hydroxylation is 1. The summed E-state index contributed by atoms with van der Waals surface area (Å²) in [5, 5.41) is 4.30. The predicted octanol–water partition coefficient (Wildman–Crippen LogP) is 3.28. The summed E-state index contributed by atoms with van der Waals surface area (Å²) in [6.45, 7) is 11.3. The van der Waals surface area contributed by atoms with Crippen molar-refractivity contribution >= 4 is 12.6 Å². The maximum absolute atomic E-state index is 5.97. The van der Waals surface area contributed by atoms with E-state index < -0.39 is 0 Å². The minimum Gasteiger partial charge on any atom is -0.399 e. The van der Waals surface area contributed by atoms with Crippen molar-refractivity contribution in [1.29, 1.82) is 0 Å².